The van der Waals surface area contributed by atoms with Crippen molar-refractivity contribution in [3.05, 3.63) is 80.5 Å². The SMILES string of the molecule is Cc1cc(C)n(-c2nc(N/N=C/c3cccc(Br)c3)nc(Nc3ccc(Br)cc3)n2)n1. The molecule has 0 aliphatic heterocycles. The zero-order valence-electron chi connectivity index (χ0n) is 16.7. The second-order valence-electron chi connectivity index (χ2n) is 6.68. The molecule has 0 aliphatic carbocycles. The quantitative estimate of drug-likeness (QED) is 0.251. The van der Waals surface area contributed by atoms with Gasteiger partial charge in [-0.05, 0) is 61.9 Å². The summed E-state index contributed by atoms with van der Waals surface area (Å²) in [5, 5.41) is 11.9. The maximum Gasteiger partial charge on any atom is 0.257 e. The number of hydrogen-bond donors (Lipinski definition) is 2. The molecule has 156 valence electrons. The molecule has 0 spiro atoms. The minimum Gasteiger partial charge on any atom is -0.324 e. The first kappa shape index (κ1) is 21.1. The predicted octanol–water partition coefficient (Wildman–Crippen LogP) is 5.39. The molecule has 4 aromatic rings. The summed E-state index contributed by atoms with van der Waals surface area (Å²) in [5.41, 5.74) is 6.46. The van der Waals surface area contributed by atoms with Gasteiger partial charge in [0.1, 0.15) is 0 Å². The summed E-state index contributed by atoms with van der Waals surface area (Å²) in [6.45, 7) is 3.87. The van der Waals surface area contributed by atoms with Crippen LogP contribution in [0.5, 0.6) is 0 Å². The fourth-order valence-corrected chi connectivity index (χ4v) is 3.49. The molecule has 0 aliphatic rings. The first-order valence-corrected chi connectivity index (χ1v) is 10.9. The second-order valence-corrected chi connectivity index (χ2v) is 8.51. The molecule has 0 amide bonds. The van der Waals surface area contributed by atoms with Gasteiger partial charge in [-0.15, -0.1) is 0 Å². The zero-order chi connectivity index (χ0) is 21.8. The van der Waals surface area contributed by atoms with Crippen LogP contribution in [-0.4, -0.2) is 30.9 Å². The number of hydrazone groups is 1. The highest BCUT2D eigenvalue weighted by Crippen LogP contribution is 2.19. The number of benzene rings is 2. The number of anilines is 3. The monoisotopic (exact) mass is 540 g/mol. The Balaban J connectivity index is 1.65. The van der Waals surface area contributed by atoms with Crippen molar-refractivity contribution >= 4 is 55.7 Å². The molecule has 4 rings (SSSR count). The number of aryl methyl sites for hydroxylation is 2. The van der Waals surface area contributed by atoms with Gasteiger partial charge < -0.3 is 5.32 Å². The van der Waals surface area contributed by atoms with Crippen molar-refractivity contribution in [2.24, 2.45) is 5.10 Å². The number of aromatic nitrogens is 5. The Morgan fingerprint density at radius 1 is 0.903 bits per heavy atom. The molecule has 8 nitrogen and oxygen atoms in total. The van der Waals surface area contributed by atoms with E-state index in [1.165, 1.54) is 0 Å². The molecule has 0 saturated heterocycles. The summed E-state index contributed by atoms with van der Waals surface area (Å²) >= 11 is 6.89. The number of hydrogen-bond acceptors (Lipinski definition) is 7. The molecule has 0 unspecified atom stereocenters. The van der Waals surface area contributed by atoms with Crippen LogP contribution in [0.1, 0.15) is 17.0 Å². The number of halogens is 2. The van der Waals surface area contributed by atoms with Crippen molar-refractivity contribution in [2.75, 3.05) is 10.7 Å². The molecular formula is C21H18Br2N8. The molecule has 2 aromatic carbocycles. The Kier molecular flexibility index (Phi) is 6.38. The summed E-state index contributed by atoms with van der Waals surface area (Å²) in [6, 6.07) is 17.5. The maximum atomic E-state index is 4.53. The van der Waals surface area contributed by atoms with Gasteiger partial charge in [0.05, 0.1) is 11.9 Å². The van der Waals surface area contributed by atoms with Gasteiger partial charge in [0.15, 0.2) is 0 Å². The minimum absolute atomic E-state index is 0.295. The van der Waals surface area contributed by atoms with E-state index in [4.69, 9.17) is 0 Å². The summed E-state index contributed by atoms with van der Waals surface area (Å²) in [4.78, 5) is 13.5. The van der Waals surface area contributed by atoms with Gasteiger partial charge >= 0.3 is 0 Å². The van der Waals surface area contributed by atoms with Gasteiger partial charge in [0.2, 0.25) is 11.9 Å². The van der Waals surface area contributed by atoms with Crippen molar-refractivity contribution in [1.29, 1.82) is 0 Å². The van der Waals surface area contributed by atoms with Gasteiger partial charge in [-0.3, -0.25) is 0 Å². The highest BCUT2D eigenvalue weighted by Gasteiger charge is 2.12. The fraction of sp³-hybridized carbons (Fsp3) is 0.0952. The van der Waals surface area contributed by atoms with E-state index in [0.717, 1.165) is 31.6 Å². The average molecular weight is 542 g/mol. The topological polar surface area (TPSA) is 92.9 Å². The first-order chi connectivity index (χ1) is 15.0. The van der Waals surface area contributed by atoms with Crippen molar-refractivity contribution < 1.29 is 0 Å². The van der Waals surface area contributed by atoms with Crippen LogP contribution in [0.2, 0.25) is 0 Å². The standard InChI is InChI=1S/C21H18Br2N8/c1-13-10-14(2)31(30-13)21-27-19(25-18-8-6-16(22)7-9-18)26-20(28-21)29-24-12-15-4-3-5-17(23)11-15/h3-12H,1-2H3,(H2,25,26,27,28,29)/b24-12+. The number of nitrogens with one attached hydrogen (secondary N) is 2. The zero-order valence-corrected chi connectivity index (χ0v) is 19.9. The van der Waals surface area contributed by atoms with Crippen molar-refractivity contribution in [3.8, 4) is 5.95 Å². The molecule has 2 N–H and O–H groups in total. The Hall–Kier alpha value is -3.11. The molecule has 0 fully saturated rings. The number of rotatable bonds is 6. The van der Waals surface area contributed by atoms with Crippen molar-refractivity contribution in [2.45, 2.75) is 13.8 Å². The Morgan fingerprint density at radius 2 is 1.68 bits per heavy atom. The lowest BCUT2D eigenvalue weighted by Gasteiger charge is -2.09. The molecule has 0 radical (unpaired) electrons. The van der Waals surface area contributed by atoms with E-state index in [9.17, 15) is 0 Å². The Labute approximate surface area is 196 Å². The van der Waals surface area contributed by atoms with Gasteiger partial charge in [-0.1, -0.05) is 44.0 Å². The summed E-state index contributed by atoms with van der Waals surface area (Å²) in [5.74, 6) is 1.06. The van der Waals surface area contributed by atoms with Gasteiger partial charge in [0, 0.05) is 20.3 Å². The van der Waals surface area contributed by atoms with Crippen LogP contribution in [0.3, 0.4) is 0 Å². The van der Waals surface area contributed by atoms with E-state index in [-0.39, 0.29) is 0 Å². The van der Waals surface area contributed by atoms with E-state index >= 15 is 0 Å². The van der Waals surface area contributed by atoms with Crippen LogP contribution in [0, 0.1) is 13.8 Å². The van der Waals surface area contributed by atoms with Crippen LogP contribution in [0.25, 0.3) is 5.95 Å². The Bertz CT molecular complexity index is 1230. The normalized spacial score (nSPS) is 11.1. The van der Waals surface area contributed by atoms with E-state index in [0.29, 0.717) is 17.8 Å². The van der Waals surface area contributed by atoms with Crippen molar-refractivity contribution in [1.82, 2.24) is 24.7 Å². The lowest BCUT2D eigenvalue weighted by atomic mass is 10.2. The van der Waals surface area contributed by atoms with Crippen LogP contribution in [-0.2, 0) is 0 Å². The number of nitrogens with zero attached hydrogens (tertiary/aromatic N) is 6. The first-order valence-electron chi connectivity index (χ1n) is 9.33. The lowest BCUT2D eigenvalue weighted by molar-refractivity contribution is 0.767. The highest BCUT2D eigenvalue weighted by molar-refractivity contribution is 9.10. The molecular weight excluding hydrogens is 524 g/mol. The summed E-state index contributed by atoms with van der Waals surface area (Å²) < 4.78 is 3.64. The second kappa shape index (κ2) is 9.36. The van der Waals surface area contributed by atoms with Gasteiger partial charge in [-0.2, -0.15) is 25.2 Å². The minimum atomic E-state index is 0.295. The third-order valence-corrected chi connectivity index (χ3v) is 5.17. The molecule has 10 heteroatoms. The lowest BCUT2D eigenvalue weighted by Crippen LogP contribution is -2.11. The maximum absolute atomic E-state index is 4.53. The van der Waals surface area contributed by atoms with Crippen LogP contribution in [0.15, 0.2) is 68.6 Å². The third-order valence-electron chi connectivity index (χ3n) is 4.15. The molecule has 0 saturated carbocycles. The van der Waals surface area contributed by atoms with Gasteiger partial charge in [0.25, 0.3) is 5.95 Å². The van der Waals surface area contributed by atoms with Crippen LogP contribution in [0.4, 0.5) is 17.6 Å². The smallest absolute Gasteiger partial charge is 0.257 e. The molecule has 2 aromatic heterocycles. The van der Waals surface area contributed by atoms with Crippen LogP contribution < -0.4 is 10.7 Å². The van der Waals surface area contributed by atoms with E-state index < -0.39 is 0 Å². The largest absolute Gasteiger partial charge is 0.324 e. The summed E-state index contributed by atoms with van der Waals surface area (Å²) in [6.07, 6.45) is 1.69. The van der Waals surface area contributed by atoms with Gasteiger partial charge in [-0.25, -0.2) is 10.1 Å². The molecule has 0 bridgehead atoms. The van der Waals surface area contributed by atoms with Crippen LogP contribution >= 0.6 is 31.9 Å². The molecule has 2 heterocycles. The Morgan fingerprint density at radius 3 is 2.39 bits per heavy atom. The average Bonchev–Trinajstić information content (AvgIpc) is 3.08. The van der Waals surface area contributed by atoms with E-state index in [1.807, 2.05) is 68.4 Å². The molecule has 31 heavy (non-hydrogen) atoms. The fourth-order valence-electron chi connectivity index (χ4n) is 2.81. The molecule has 0 atom stereocenters. The highest BCUT2D eigenvalue weighted by atomic mass is 79.9. The van der Waals surface area contributed by atoms with E-state index in [1.54, 1.807) is 10.9 Å². The summed E-state index contributed by atoms with van der Waals surface area (Å²) in [7, 11) is 0. The predicted molar refractivity (Wildman–Crippen MR) is 129 cm³/mol. The van der Waals surface area contributed by atoms with E-state index in [2.05, 4.69) is 67.8 Å². The third kappa shape index (κ3) is 5.53. The van der Waals surface area contributed by atoms with Crippen molar-refractivity contribution in [3.63, 3.8) is 0 Å².